The monoisotopic (exact) mass is 439 g/mol. The molecule has 10 heteroatoms. The third-order valence-electron chi connectivity index (χ3n) is 3.43. The maximum atomic E-state index is 12.4. The first-order valence-electron chi connectivity index (χ1n) is 7.64. The van der Waals surface area contributed by atoms with Gasteiger partial charge in [-0.05, 0) is 29.8 Å². The van der Waals surface area contributed by atoms with E-state index in [2.05, 4.69) is 15.5 Å². The second kappa shape index (κ2) is 8.39. The molecule has 1 N–H and O–H groups in total. The largest absolute Gasteiger partial charge is 0.296 e. The van der Waals surface area contributed by atoms with E-state index < -0.39 is 15.7 Å². The highest BCUT2D eigenvalue weighted by Crippen LogP contribution is 2.29. The van der Waals surface area contributed by atoms with Crippen molar-refractivity contribution in [3.8, 4) is 0 Å². The van der Waals surface area contributed by atoms with Gasteiger partial charge < -0.3 is 0 Å². The molecule has 0 aliphatic rings. The Morgan fingerprint density at radius 3 is 2.56 bits per heavy atom. The molecule has 0 bridgehead atoms. The second-order valence-electron chi connectivity index (χ2n) is 5.51. The first-order valence-corrected chi connectivity index (χ1v) is 11.7. The number of aromatic nitrogens is 2. The number of hydrogen-bond acceptors (Lipinski definition) is 7. The maximum Gasteiger partial charge on any atom is 0.258 e. The van der Waals surface area contributed by atoms with Gasteiger partial charge in [-0.2, -0.15) is 0 Å². The lowest BCUT2D eigenvalue weighted by Crippen LogP contribution is -2.15. The van der Waals surface area contributed by atoms with Crippen LogP contribution in [0.3, 0.4) is 0 Å². The van der Waals surface area contributed by atoms with E-state index in [9.17, 15) is 13.2 Å². The molecule has 0 atom stereocenters. The van der Waals surface area contributed by atoms with E-state index >= 15 is 0 Å². The van der Waals surface area contributed by atoms with Crippen LogP contribution in [0.4, 0.5) is 5.13 Å². The minimum absolute atomic E-state index is 0.0237. The van der Waals surface area contributed by atoms with Crippen molar-refractivity contribution in [2.45, 2.75) is 15.0 Å². The van der Waals surface area contributed by atoms with Crippen LogP contribution in [0.25, 0.3) is 0 Å². The zero-order chi connectivity index (χ0) is 19.4. The fourth-order valence-electron chi connectivity index (χ4n) is 2.19. The summed E-state index contributed by atoms with van der Waals surface area (Å²) in [7, 11) is -3.51. The van der Waals surface area contributed by atoms with Crippen molar-refractivity contribution in [3.63, 3.8) is 0 Å². The zero-order valence-electron chi connectivity index (χ0n) is 14.0. The van der Waals surface area contributed by atoms with Crippen molar-refractivity contribution in [3.05, 3.63) is 64.7 Å². The molecular weight excluding hydrogens is 426 g/mol. The summed E-state index contributed by atoms with van der Waals surface area (Å²) in [5, 5.41) is 11.6. The number of amides is 1. The number of benzene rings is 2. The molecule has 27 heavy (non-hydrogen) atoms. The fraction of sp³-hybridized carbons (Fsp3) is 0.118. The maximum absolute atomic E-state index is 12.4. The summed E-state index contributed by atoms with van der Waals surface area (Å²) in [6, 6.07) is 13.6. The van der Waals surface area contributed by atoms with Gasteiger partial charge >= 0.3 is 0 Å². The van der Waals surface area contributed by atoms with E-state index in [-0.39, 0.29) is 10.5 Å². The minimum Gasteiger partial charge on any atom is -0.296 e. The van der Waals surface area contributed by atoms with Gasteiger partial charge in [0.25, 0.3) is 5.91 Å². The summed E-state index contributed by atoms with van der Waals surface area (Å²) in [6.07, 6.45) is 1.07. The molecule has 0 aliphatic heterocycles. The number of anilines is 1. The summed E-state index contributed by atoms with van der Waals surface area (Å²) >= 11 is 8.58. The molecule has 3 aromatic rings. The van der Waals surface area contributed by atoms with Crippen molar-refractivity contribution in [2.24, 2.45) is 0 Å². The van der Waals surface area contributed by atoms with Crippen LogP contribution < -0.4 is 5.32 Å². The third-order valence-corrected chi connectivity index (χ3v) is 6.88. The number of hydrogen-bond donors (Lipinski definition) is 1. The van der Waals surface area contributed by atoms with Crippen molar-refractivity contribution in [2.75, 3.05) is 11.6 Å². The predicted molar refractivity (Wildman–Crippen MR) is 108 cm³/mol. The van der Waals surface area contributed by atoms with Crippen LogP contribution in [-0.2, 0) is 15.6 Å². The number of nitrogens with zero attached hydrogens (tertiary/aromatic N) is 2. The van der Waals surface area contributed by atoms with E-state index in [4.69, 9.17) is 11.6 Å². The molecule has 0 unspecified atom stereocenters. The van der Waals surface area contributed by atoms with Crippen LogP contribution in [0.15, 0.2) is 57.8 Å². The van der Waals surface area contributed by atoms with Crippen molar-refractivity contribution < 1.29 is 13.2 Å². The summed E-state index contributed by atoms with van der Waals surface area (Å²) in [5.41, 5.74) is 1.16. The van der Waals surface area contributed by atoms with Crippen LogP contribution in [0.2, 0.25) is 5.02 Å². The van der Waals surface area contributed by atoms with E-state index in [1.54, 1.807) is 12.1 Å². The van der Waals surface area contributed by atoms with Crippen molar-refractivity contribution in [1.82, 2.24) is 10.2 Å². The van der Waals surface area contributed by atoms with Crippen molar-refractivity contribution in [1.29, 1.82) is 0 Å². The predicted octanol–water partition coefficient (Wildman–Crippen LogP) is 4.14. The topological polar surface area (TPSA) is 89.0 Å². The summed E-state index contributed by atoms with van der Waals surface area (Å²) in [5.74, 6) is 0.151. The molecule has 0 spiro atoms. The summed E-state index contributed by atoms with van der Waals surface area (Å²) in [4.78, 5) is 12.4. The lowest BCUT2D eigenvalue weighted by atomic mass is 10.2. The minimum atomic E-state index is -3.51. The normalized spacial score (nSPS) is 11.3. The Morgan fingerprint density at radius 2 is 1.85 bits per heavy atom. The van der Waals surface area contributed by atoms with E-state index in [0.29, 0.717) is 20.2 Å². The Balaban J connectivity index is 1.67. The van der Waals surface area contributed by atoms with Gasteiger partial charge in [0.1, 0.15) is 0 Å². The number of rotatable bonds is 6. The summed E-state index contributed by atoms with van der Waals surface area (Å²) < 4.78 is 24.4. The second-order valence-corrected chi connectivity index (χ2v) is 10.1. The number of nitrogens with one attached hydrogen (secondary N) is 1. The van der Waals surface area contributed by atoms with Crippen LogP contribution in [0.5, 0.6) is 0 Å². The lowest BCUT2D eigenvalue weighted by Gasteiger charge is -2.06. The standard InChI is InChI=1S/C17H14ClN3O3S3/c1-27(23,24)14-5-3-2-4-13(14)15(22)19-16-20-21-17(26-16)25-10-11-6-8-12(18)9-7-11/h2-9H,10H2,1H3,(H,19,20,22). The Labute approximate surface area is 169 Å². The number of thioether (sulfide) groups is 1. The van der Waals surface area contributed by atoms with Gasteiger partial charge in [0, 0.05) is 17.0 Å². The van der Waals surface area contributed by atoms with Crippen LogP contribution in [0.1, 0.15) is 15.9 Å². The lowest BCUT2D eigenvalue weighted by molar-refractivity contribution is 0.102. The highest BCUT2D eigenvalue weighted by atomic mass is 35.5. The fourth-order valence-corrected chi connectivity index (χ4v) is 4.90. The Bertz CT molecular complexity index is 1070. The van der Waals surface area contributed by atoms with Gasteiger partial charge in [0.2, 0.25) is 5.13 Å². The van der Waals surface area contributed by atoms with E-state index in [0.717, 1.165) is 11.8 Å². The van der Waals surface area contributed by atoms with Crippen LogP contribution in [-0.4, -0.2) is 30.8 Å². The van der Waals surface area contributed by atoms with Crippen LogP contribution >= 0.6 is 34.7 Å². The van der Waals surface area contributed by atoms with Crippen LogP contribution in [0, 0.1) is 0 Å². The van der Waals surface area contributed by atoms with E-state index in [1.165, 1.54) is 35.2 Å². The average molecular weight is 440 g/mol. The smallest absolute Gasteiger partial charge is 0.258 e. The molecule has 1 aromatic heterocycles. The average Bonchev–Trinajstić information content (AvgIpc) is 3.08. The van der Waals surface area contributed by atoms with Gasteiger partial charge in [0.15, 0.2) is 14.2 Å². The number of carbonyl (C=O) groups is 1. The Morgan fingerprint density at radius 1 is 1.15 bits per heavy atom. The molecule has 0 saturated heterocycles. The molecule has 1 heterocycles. The molecule has 0 fully saturated rings. The number of carbonyl (C=O) groups excluding carboxylic acids is 1. The highest BCUT2D eigenvalue weighted by Gasteiger charge is 2.19. The third kappa shape index (κ3) is 5.29. The molecule has 0 saturated carbocycles. The van der Waals surface area contributed by atoms with Gasteiger partial charge in [0.05, 0.1) is 10.5 Å². The molecule has 0 radical (unpaired) electrons. The molecule has 3 rings (SSSR count). The molecule has 0 aliphatic carbocycles. The summed E-state index contributed by atoms with van der Waals surface area (Å²) in [6.45, 7) is 0. The van der Waals surface area contributed by atoms with Crippen molar-refractivity contribution >= 4 is 55.6 Å². The van der Waals surface area contributed by atoms with E-state index in [1.807, 2.05) is 24.3 Å². The number of halogens is 1. The van der Waals surface area contributed by atoms with Gasteiger partial charge in [-0.15, -0.1) is 10.2 Å². The first-order chi connectivity index (χ1) is 12.8. The molecule has 6 nitrogen and oxygen atoms in total. The zero-order valence-corrected chi connectivity index (χ0v) is 17.3. The quantitative estimate of drug-likeness (QED) is 0.458. The first kappa shape index (κ1) is 19.8. The number of sulfone groups is 1. The Kier molecular flexibility index (Phi) is 6.15. The van der Waals surface area contributed by atoms with Gasteiger partial charge in [-0.3, -0.25) is 10.1 Å². The molecule has 2 aromatic carbocycles. The van der Waals surface area contributed by atoms with Gasteiger partial charge in [-0.25, -0.2) is 8.42 Å². The molecule has 140 valence electrons. The molecular formula is C17H14ClN3O3S3. The van der Waals surface area contributed by atoms with Gasteiger partial charge in [-0.1, -0.05) is 59.0 Å². The Hall–Kier alpha value is -1.94. The highest BCUT2D eigenvalue weighted by molar-refractivity contribution is 8.00. The molecule has 1 amide bonds. The SMILES string of the molecule is CS(=O)(=O)c1ccccc1C(=O)Nc1nnc(SCc2ccc(Cl)cc2)s1.